The Morgan fingerprint density at radius 3 is 2.54 bits per heavy atom. The highest BCUT2D eigenvalue weighted by atomic mass is 16.3. The molecule has 3 N–H and O–H groups in total. The van der Waals surface area contributed by atoms with Gasteiger partial charge in [-0.2, -0.15) is 0 Å². The maximum atomic E-state index is 6.41. The molecule has 3 atom stereocenters. The van der Waals surface area contributed by atoms with Gasteiger partial charge in [-0.15, -0.1) is 0 Å². The van der Waals surface area contributed by atoms with Gasteiger partial charge >= 0.3 is 0 Å². The molecule has 37 heavy (non-hydrogen) atoms. The minimum absolute atomic E-state index is 0.0945. The summed E-state index contributed by atoms with van der Waals surface area (Å²) >= 11 is 0. The van der Waals surface area contributed by atoms with E-state index < -0.39 is 0 Å². The lowest BCUT2D eigenvalue weighted by molar-refractivity contribution is -0.277. The molecule has 0 bridgehead atoms. The largest absolute Gasteiger partial charge is 0.411 e. The molecule has 7 rings (SSSR count). The van der Waals surface area contributed by atoms with Crippen LogP contribution in [0.15, 0.2) is 94.9 Å². The van der Waals surface area contributed by atoms with Gasteiger partial charge in [-0.05, 0) is 61.7 Å². The smallest absolute Gasteiger partial charge is 0.300 e. The summed E-state index contributed by atoms with van der Waals surface area (Å²) in [6.45, 7) is 7.58. The lowest BCUT2D eigenvalue weighted by Crippen LogP contribution is -2.41. The molecule has 1 aromatic heterocycles. The molecule has 0 saturated heterocycles. The molecule has 1 aliphatic carbocycles. The van der Waals surface area contributed by atoms with Gasteiger partial charge in [0.15, 0.2) is 0 Å². The Morgan fingerprint density at radius 2 is 1.76 bits per heavy atom. The minimum Gasteiger partial charge on any atom is -0.411 e. The van der Waals surface area contributed by atoms with Crippen LogP contribution in [-0.4, -0.2) is 6.04 Å². The van der Waals surface area contributed by atoms with Gasteiger partial charge in [0, 0.05) is 29.5 Å². The van der Waals surface area contributed by atoms with Gasteiger partial charge in [-0.25, -0.2) is 0 Å². The molecule has 4 aromatic rings. The van der Waals surface area contributed by atoms with Crippen molar-refractivity contribution in [3.05, 3.63) is 113 Å². The van der Waals surface area contributed by atoms with Crippen molar-refractivity contribution >= 4 is 39.9 Å². The summed E-state index contributed by atoms with van der Waals surface area (Å²) < 4.78 is 6.41. The van der Waals surface area contributed by atoms with E-state index in [0.717, 1.165) is 29.0 Å². The highest BCUT2D eigenvalue weighted by Gasteiger charge is 2.47. The first-order valence-corrected chi connectivity index (χ1v) is 13.2. The highest BCUT2D eigenvalue weighted by Crippen LogP contribution is 2.55. The number of anilines is 2. The number of benzene rings is 3. The molecule has 0 fully saturated rings. The zero-order chi connectivity index (χ0) is 25.3. The highest BCUT2D eigenvalue weighted by molar-refractivity contribution is 5.96. The first-order chi connectivity index (χ1) is 18.1. The lowest BCUT2D eigenvalue weighted by Gasteiger charge is -2.37. The van der Waals surface area contributed by atoms with Gasteiger partial charge in [0.1, 0.15) is 11.7 Å². The summed E-state index contributed by atoms with van der Waals surface area (Å²) in [5.41, 5.74) is 15.5. The van der Waals surface area contributed by atoms with Crippen LogP contribution < -0.4 is 15.5 Å². The van der Waals surface area contributed by atoms with Crippen LogP contribution in [0, 0.1) is 5.92 Å². The van der Waals surface area contributed by atoms with Crippen molar-refractivity contribution in [2.75, 3.05) is 9.80 Å². The van der Waals surface area contributed by atoms with Crippen molar-refractivity contribution in [2.24, 2.45) is 5.92 Å². The van der Waals surface area contributed by atoms with Crippen molar-refractivity contribution < 1.29 is 10.2 Å². The van der Waals surface area contributed by atoms with E-state index in [9.17, 15) is 0 Å². The minimum atomic E-state index is 0.0945. The number of hydrogen-bond acceptors (Lipinski definition) is 3. The topological polar surface area (TPSA) is 47.3 Å². The van der Waals surface area contributed by atoms with E-state index in [2.05, 4.69) is 120 Å². The fourth-order valence-corrected chi connectivity index (χ4v) is 6.71. The number of furan rings is 1. The summed E-state index contributed by atoms with van der Waals surface area (Å²) in [4.78, 5) is 5.18. The normalized spacial score (nSPS) is 20.9. The summed E-state index contributed by atoms with van der Waals surface area (Å²) in [6.07, 6.45) is 9.09. The number of rotatable bonds is 4. The Morgan fingerprint density at radius 1 is 1.00 bits per heavy atom. The van der Waals surface area contributed by atoms with Crippen LogP contribution in [-0.2, 0) is 6.54 Å². The van der Waals surface area contributed by atoms with Crippen LogP contribution in [0.4, 0.5) is 17.3 Å². The molecule has 3 unspecified atom stereocenters. The Balaban J connectivity index is 1.37. The van der Waals surface area contributed by atoms with Gasteiger partial charge in [0.2, 0.25) is 0 Å². The van der Waals surface area contributed by atoms with Gasteiger partial charge in [0.25, 0.3) is 5.88 Å². The number of hydrogen-bond donors (Lipinski definition) is 1. The predicted octanol–water partition coefficient (Wildman–Crippen LogP) is 7.23. The second kappa shape index (κ2) is 8.25. The molecule has 0 saturated carbocycles. The standard InChI is InChI=1S/C33H31N3O/c1-4-10-26-25-16-15-23-19-35-28-13-8-9-14-29(28)36(33(35)30(23)31(25)37-32(26)34)21(3)27-18-24(17-20(27)2)22-11-6-5-7-12-22/h4-18,21,27,33H,19,34H2,1-3H3/p+1. The van der Waals surface area contributed by atoms with Gasteiger partial charge < -0.3 is 14.2 Å². The maximum absolute atomic E-state index is 6.41. The Labute approximate surface area is 218 Å². The van der Waals surface area contributed by atoms with Crippen LogP contribution in [0.25, 0.3) is 22.6 Å². The molecule has 4 heteroatoms. The molecule has 3 aliphatic rings. The van der Waals surface area contributed by atoms with E-state index in [0.29, 0.717) is 5.92 Å². The van der Waals surface area contributed by atoms with Crippen molar-refractivity contribution in [3.8, 4) is 0 Å². The van der Waals surface area contributed by atoms with Gasteiger partial charge in [-0.1, -0.05) is 72.3 Å². The zero-order valence-corrected chi connectivity index (χ0v) is 21.6. The molecule has 184 valence electrons. The molecule has 4 nitrogen and oxygen atoms in total. The average molecular weight is 487 g/mol. The number of allylic oxidation sites excluding steroid dienone is 3. The van der Waals surface area contributed by atoms with E-state index in [-0.39, 0.29) is 12.2 Å². The Hall–Kier alpha value is -4.02. The third-order valence-electron chi connectivity index (χ3n) is 8.40. The molecule has 3 heterocycles. The number of para-hydroxylation sites is 2. The van der Waals surface area contributed by atoms with Crippen LogP contribution >= 0.6 is 0 Å². The van der Waals surface area contributed by atoms with Crippen molar-refractivity contribution in [1.29, 1.82) is 0 Å². The molecule has 0 amide bonds. The van der Waals surface area contributed by atoms with E-state index >= 15 is 0 Å². The lowest BCUT2D eigenvalue weighted by atomic mass is 9.93. The van der Waals surface area contributed by atoms with E-state index in [1.807, 2.05) is 6.92 Å². The third kappa shape index (κ3) is 3.19. The first kappa shape index (κ1) is 22.2. The third-order valence-corrected chi connectivity index (χ3v) is 8.40. The van der Waals surface area contributed by atoms with Gasteiger partial charge in [-0.3, -0.25) is 5.73 Å². The fourth-order valence-electron chi connectivity index (χ4n) is 6.71. The summed E-state index contributed by atoms with van der Waals surface area (Å²) in [5, 5.41) is 1.15. The van der Waals surface area contributed by atoms with Crippen LogP contribution in [0.1, 0.15) is 49.2 Å². The van der Waals surface area contributed by atoms with Crippen molar-refractivity contribution in [2.45, 2.75) is 39.5 Å². The van der Waals surface area contributed by atoms with E-state index in [4.69, 9.17) is 4.42 Å². The molecule has 0 spiro atoms. The van der Waals surface area contributed by atoms with Crippen molar-refractivity contribution in [3.63, 3.8) is 0 Å². The Kier molecular flexibility index (Phi) is 4.95. The fraction of sp³-hybridized carbons (Fsp3) is 0.212. The first-order valence-electron chi connectivity index (χ1n) is 13.2. The second-order valence-electron chi connectivity index (χ2n) is 10.5. The SMILES string of the molecule is CC=Cc1c([NH3+])oc2c3c(ccc12)CN1c2ccccc2N(C(C)C2C=C(c4ccccc4)C=C2C)C31. The summed E-state index contributed by atoms with van der Waals surface area (Å²) in [5.74, 6) is 1.06. The van der Waals surface area contributed by atoms with Gasteiger partial charge in [0.05, 0.1) is 16.9 Å². The predicted molar refractivity (Wildman–Crippen MR) is 152 cm³/mol. The second-order valence-corrected chi connectivity index (χ2v) is 10.5. The molecular formula is C33H32N3O+. The van der Waals surface area contributed by atoms with E-state index in [1.54, 1.807) is 0 Å². The molecular weight excluding hydrogens is 454 g/mol. The van der Waals surface area contributed by atoms with Crippen LogP contribution in [0.2, 0.25) is 0 Å². The van der Waals surface area contributed by atoms with Crippen LogP contribution in [0.5, 0.6) is 0 Å². The molecule has 0 radical (unpaired) electrons. The number of quaternary nitrogens is 1. The zero-order valence-electron chi connectivity index (χ0n) is 21.6. The summed E-state index contributed by atoms with van der Waals surface area (Å²) in [7, 11) is 0. The van der Waals surface area contributed by atoms with Crippen molar-refractivity contribution in [1.82, 2.24) is 0 Å². The monoisotopic (exact) mass is 486 g/mol. The van der Waals surface area contributed by atoms with E-state index in [1.165, 1.54) is 39.2 Å². The molecule has 3 aromatic carbocycles. The molecule has 2 aliphatic heterocycles. The average Bonchev–Trinajstić information content (AvgIpc) is 3.65. The quantitative estimate of drug-likeness (QED) is 0.331. The maximum Gasteiger partial charge on any atom is 0.300 e. The Bertz CT molecular complexity index is 1620. The number of nitrogens with zero attached hydrogens (tertiary/aromatic N) is 2. The number of fused-ring (bicyclic) bond motifs is 7. The summed E-state index contributed by atoms with van der Waals surface area (Å²) in [6, 6.07) is 24.3. The van der Waals surface area contributed by atoms with Crippen LogP contribution in [0.3, 0.4) is 0 Å².